The summed E-state index contributed by atoms with van der Waals surface area (Å²) >= 11 is 0. The van der Waals surface area contributed by atoms with Gasteiger partial charge in [-0.3, -0.25) is 9.59 Å². The van der Waals surface area contributed by atoms with Crippen molar-refractivity contribution in [1.29, 1.82) is 0 Å². The largest absolute Gasteiger partial charge is 0.469 e. The molecule has 0 radical (unpaired) electrons. The maximum absolute atomic E-state index is 10.9. The molecule has 1 fully saturated rings. The van der Waals surface area contributed by atoms with Crippen LogP contribution in [0.25, 0.3) is 0 Å². The first kappa shape index (κ1) is 9.77. The molecule has 1 heterocycles. The number of hydrogen-bond donors (Lipinski definition) is 0. The summed E-state index contributed by atoms with van der Waals surface area (Å²) in [5.74, 6) is -0.711. The molecule has 2 atom stereocenters. The van der Waals surface area contributed by atoms with Crippen LogP contribution in [0.3, 0.4) is 0 Å². The van der Waals surface area contributed by atoms with E-state index in [1.807, 2.05) is 0 Å². The first-order valence-corrected chi connectivity index (χ1v) is 4.06. The van der Waals surface area contributed by atoms with Crippen molar-refractivity contribution in [2.75, 3.05) is 7.11 Å². The third-order valence-electron chi connectivity index (χ3n) is 2.06. The zero-order valence-electron chi connectivity index (χ0n) is 7.49. The van der Waals surface area contributed by atoms with E-state index < -0.39 is 6.10 Å². The summed E-state index contributed by atoms with van der Waals surface area (Å²) in [6.07, 6.45) is 1.67. The van der Waals surface area contributed by atoms with Gasteiger partial charge in [-0.25, -0.2) is 0 Å². The minimum Gasteiger partial charge on any atom is -0.469 e. The smallest absolute Gasteiger partial charge is 0.309 e. The Morgan fingerprint density at radius 2 is 2.54 bits per heavy atom. The summed E-state index contributed by atoms with van der Waals surface area (Å²) < 4.78 is 9.40. The highest BCUT2D eigenvalue weighted by Crippen LogP contribution is 2.25. The average molecular weight is 184 g/mol. The summed E-state index contributed by atoms with van der Waals surface area (Å²) in [6, 6.07) is 0. The van der Waals surface area contributed by atoms with Crippen LogP contribution in [0.5, 0.6) is 0 Å². The molecule has 0 aromatic rings. The summed E-state index contributed by atoms with van der Waals surface area (Å²) in [6.45, 7) is 3.58. The van der Waals surface area contributed by atoms with E-state index in [0.29, 0.717) is 6.42 Å². The highest BCUT2D eigenvalue weighted by atomic mass is 16.6. The normalized spacial score (nSPS) is 26.7. The lowest BCUT2D eigenvalue weighted by Gasteiger charge is -2.11. The zero-order chi connectivity index (χ0) is 9.84. The van der Waals surface area contributed by atoms with Crippen molar-refractivity contribution in [3.8, 4) is 0 Å². The van der Waals surface area contributed by atoms with Crippen molar-refractivity contribution in [3.05, 3.63) is 12.7 Å². The molecular formula is C9H12O4. The Balaban J connectivity index is 2.53. The van der Waals surface area contributed by atoms with Gasteiger partial charge in [-0.1, -0.05) is 6.08 Å². The molecule has 0 spiro atoms. The number of cyclic esters (lactones) is 1. The van der Waals surface area contributed by atoms with Crippen molar-refractivity contribution in [3.63, 3.8) is 0 Å². The van der Waals surface area contributed by atoms with Gasteiger partial charge in [0.2, 0.25) is 0 Å². The highest BCUT2D eigenvalue weighted by molar-refractivity contribution is 5.75. The number of rotatable bonds is 3. The Morgan fingerprint density at radius 3 is 3.08 bits per heavy atom. The van der Waals surface area contributed by atoms with Gasteiger partial charge in [-0.15, -0.1) is 6.58 Å². The molecule has 72 valence electrons. The van der Waals surface area contributed by atoms with Crippen LogP contribution in [0.15, 0.2) is 12.7 Å². The Hall–Kier alpha value is -1.32. The van der Waals surface area contributed by atoms with Gasteiger partial charge < -0.3 is 9.47 Å². The van der Waals surface area contributed by atoms with Crippen molar-refractivity contribution < 1.29 is 19.1 Å². The number of carbonyl (C=O) groups excluding carboxylic acids is 2. The van der Waals surface area contributed by atoms with Crippen LogP contribution >= 0.6 is 0 Å². The quantitative estimate of drug-likeness (QED) is 0.477. The fraction of sp³-hybridized carbons (Fsp3) is 0.556. The van der Waals surface area contributed by atoms with Crippen LogP contribution in [0.1, 0.15) is 12.8 Å². The summed E-state index contributed by atoms with van der Waals surface area (Å²) in [5, 5.41) is 0. The monoisotopic (exact) mass is 184 g/mol. The molecule has 0 amide bonds. The molecule has 4 nitrogen and oxygen atoms in total. The number of methoxy groups -OCH3 is 1. The van der Waals surface area contributed by atoms with Gasteiger partial charge in [0.25, 0.3) is 0 Å². The standard InChI is InChI=1S/C9H12O4/c1-3-6-4-9(11)13-7(6)5-8(10)12-2/h3,6-7H,1,4-5H2,2H3/t6-,7-/m0/s1. The molecule has 4 heteroatoms. The molecule has 0 saturated carbocycles. The third kappa shape index (κ3) is 2.31. The molecule has 0 aliphatic carbocycles. The molecule has 13 heavy (non-hydrogen) atoms. The second-order valence-electron chi connectivity index (χ2n) is 2.91. The first-order valence-electron chi connectivity index (χ1n) is 4.06. The van der Waals surface area contributed by atoms with Crippen LogP contribution in [-0.4, -0.2) is 25.2 Å². The second kappa shape index (κ2) is 4.07. The van der Waals surface area contributed by atoms with Gasteiger partial charge in [-0.05, 0) is 0 Å². The molecule has 0 bridgehead atoms. The van der Waals surface area contributed by atoms with Crippen LogP contribution in [0.2, 0.25) is 0 Å². The van der Waals surface area contributed by atoms with Crippen molar-refractivity contribution in [2.45, 2.75) is 18.9 Å². The zero-order valence-corrected chi connectivity index (χ0v) is 7.49. The minimum absolute atomic E-state index is 0.0633. The third-order valence-corrected chi connectivity index (χ3v) is 2.06. The lowest BCUT2D eigenvalue weighted by molar-refractivity contribution is -0.148. The van der Waals surface area contributed by atoms with E-state index in [1.165, 1.54) is 7.11 Å². The predicted octanol–water partition coefficient (Wildman–Crippen LogP) is 0.667. The van der Waals surface area contributed by atoms with Gasteiger partial charge in [0.15, 0.2) is 0 Å². The Kier molecular flexibility index (Phi) is 3.06. The van der Waals surface area contributed by atoms with Crippen LogP contribution in [0.4, 0.5) is 0 Å². The molecule has 0 unspecified atom stereocenters. The highest BCUT2D eigenvalue weighted by Gasteiger charge is 2.34. The molecule has 1 rings (SSSR count). The van der Waals surface area contributed by atoms with Gasteiger partial charge in [0.05, 0.1) is 20.0 Å². The number of ether oxygens (including phenoxy) is 2. The Morgan fingerprint density at radius 1 is 1.85 bits per heavy atom. The molecular weight excluding hydrogens is 172 g/mol. The lowest BCUT2D eigenvalue weighted by Crippen LogP contribution is -2.19. The van der Waals surface area contributed by atoms with Crippen molar-refractivity contribution in [1.82, 2.24) is 0 Å². The number of hydrogen-bond acceptors (Lipinski definition) is 4. The van der Waals surface area contributed by atoms with Crippen LogP contribution in [-0.2, 0) is 19.1 Å². The Labute approximate surface area is 76.5 Å². The van der Waals surface area contributed by atoms with Crippen LogP contribution in [0, 0.1) is 5.92 Å². The molecule has 1 aliphatic heterocycles. The molecule has 1 aliphatic rings. The van der Waals surface area contributed by atoms with E-state index in [9.17, 15) is 9.59 Å². The minimum atomic E-state index is -0.391. The molecule has 1 saturated heterocycles. The van der Waals surface area contributed by atoms with E-state index in [0.717, 1.165) is 0 Å². The Bertz CT molecular complexity index is 234. The van der Waals surface area contributed by atoms with Gasteiger partial charge in [0, 0.05) is 5.92 Å². The van der Waals surface area contributed by atoms with E-state index in [1.54, 1.807) is 6.08 Å². The molecule has 0 aromatic heterocycles. The maximum atomic E-state index is 10.9. The number of carbonyl (C=O) groups is 2. The van der Waals surface area contributed by atoms with Crippen LogP contribution < -0.4 is 0 Å². The van der Waals surface area contributed by atoms with E-state index >= 15 is 0 Å². The fourth-order valence-electron chi connectivity index (χ4n) is 1.30. The van der Waals surface area contributed by atoms with E-state index in [4.69, 9.17) is 4.74 Å². The average Bonchev–Trinajstić information content (AvgIpc) is 2.46. The lowest BCUT2D eigenvalue weighted by atomic mass is 9.99. The van der Waals surface area contributed by atoms with E-state index in [2.05, 4.69) is 11.3 Å². The molecule has 0 N–H and O–H groups in total. The summed E-state index contributed by atoms with van der Waals surface area (Å²) in [4.78, 5) is 21.8. The van der Waals surface area contributed by atoms with Gasteiger partial charge in [-0.2, -0.15) is 0 Å². The number of esters is 2. The van der Waals surface area contributed by atoms with E-state index in [-0.39, 0.29) is 24.3 Å². The second-order valence-corrected chi connectivity index (χ2v) is 2.91. The van der Waals surface area contributed by atoms with Gasteiger partial charge in [0.1, 0.15) is 6.10 Å². The SMILES string of the molecule is C=C[C@H]1CC(=O)O[C@H]1CC(=O)OC. The summed E-state index contributed by atoms with van der Waals surface area (Å²) in [7, 11) is 1.31. The van der Waals surface area contributed by atoms with Gasteiger partial charge >= 0.3 is 11.9 Å². The maximum Gasteiger partial charge on any atom is 0.309 e. The van der Waals surface area contributed by atoms with Crippen molar-refractivity contribution in [2.24, 2.45) is 5.92 Å². The molecule has 0 aromatic carbocycles. The summed E-state index contributed by atoms with van der Waals surface area (Å²) in [5.41, 5.74) is 0. The fourth-order valence-corrected chi connectivity index (χ4v) is 1.30. The predicted molar refractivity (Wildman–Crippen MR) is 44.8 cm³/mol. The first-order chi connectivity index (χ1) is 6.17. The topological polar surface area (TPSA) is 52.6 Å². The van der Waals surface area contributed by atoms with Crippen molar-refractivity contribution >= 4 is 11.9 Å².